The van der Waals surface area contributed by atoms with Gasteiger partial charge in [-0.2, -0.15) is 0 Å². The summed E-state index contributed by atoms with van der Waals surface area (Å²) in [4.78, 5) is 22.9. The number of carboxylic acid groups (broad SMARTS) is 2. The zero-order valence-corrected chi connectivity index (χ0v) is 7.68. The molecule has 14 heavy (non-hydrogen) atoms. The maximum Gasteiger partial charge on any atom is 0.319 e. The molecule has 80 valence electrons. The van der Waals surface area contributed by atoms with Gasteiger partial charge in [-0.3, -0.25) is 14.5 Å². The van der Waals surface area contributed by atoms with Crippen molar-refractivity contribution in [3.63, 3.8) is 0 Å². The summed E-state index contributed by atoms with van der Waals surface area (Å²) in [6.07, 6.45) is 0. The van der Waals surface area contributed by atoms with Crippen LogP contribution in [0, 0.1) is 5.92 Å². The van der Waals surface area contributed by atoms with Crippen LogP contribution in [0.25, 0.3) is 0 Å². The summed E-state index contributed by atoms with van der Waals surface area (Å²) >= 11 is 0. The highest BCUT2D eigenvalue weighted by Gasteiger charge is 2.28. The fraction of sp³-hybridized carbons (Fsp3) is 0.750. The Hall–Kier alpha value is -1.14. The van der Waals surface area contributed by atoms with Crippen LogP contribution in [0.2, 0.25) is 0 Å². The van der Waals surface area contributed by atoms with Gasteiger partial charge in [0.15, 0.2) is 5.92 Å². The first kappa shape index (κ1) is 10.9. The highest BCUT2D eigenvalue weighted by Crippen LogP contribution is 2.04. The third-order valence-corrected chi connectivity index (χ3v) is 2.14. The Labute approximate surface area is 81.1 Å². The summed E-state index contributed by atoms with van der Waals surface area (Å²) in [5.74, 6) is -3.92. The highest BCUT2D eigenvalue weighted by atomic mass is 16.5. The Morgan fingerprint density at radius 1 is 1.21 bits per heavy atom. The quantitative estimate of drug-likeness (QED) is 0.576. The number of nitrogens with zero attached hydrogens (tertiary/aromatic N) is 1. The third kappa shape index (κ3) is 2.97. The molecule has 1 aliphatic rings. The Kier molecular flexibility index (Phi) is 3.84. The Bertz CT molecular complexity index is 210. The van der Waals surface area contributed by atoms with E-state index < -0.39 is 17.9 Å². The number of hydrogen-bond acceptors (Lipinski definition) is 4. The van der Waals surface area contributed by atoms with Gasteiger partial charge in [-0.15, -0.1) is 0 Å². The number of carboxylic acids is 2. The van der Waals surface area contributed by atoms with Crippen molar-refractivity contribution in [1.29, 1.82) is 0 Å². The third-order valence-electron chi connectivity index (χ3n) is 2.14. The lowest BCUT2D eigenvalue weighted by Gasteiger charge is -2.27. The lowest BCUT2D eigenvalue weighted by molar-refractivity contribution is -0.155. The molecule has 1 rings (SSSR count). The lowest BCUT2D eigenvalue weighted by Crippen LogP contribution is -2.43. The minimum atomic E-state index is -1.34. The van der Waals surface area contributed by atoms with Crippen molar-refractivity contribution < 1.29 is 24.5 Å². The number of ether oxygens (including phenoxy) is 1. The molecule has 0 atom stereocenters. The van der Waals surface area contributed by atoms with Crippen molar-refractivity contribution in [3.05, 3.63) is 0 Å². The second-order valence-corrected chi connectivity index (χ2v) is 3.14. The van der Waals surface area contributed by atoms with Gasteiger partial charge in [-0.1, -0.05) is 0 Å². The van der Waals surface area contributed by atoms with Gasteiger partial charge in [0.05, 0.1) is 13.2 Å². The zero-order valence-electron chi connectivity index (χ0n) is 7.68. The summed E-state index contributed by atoms with van der Waals surface area (Å²) in [5, 5.41) is 17.3. The van der Waals surface area contributed by atoms with Crippen LogP contribution in [-0.4, -0.2) is 59.9 Å². The molecule has 2 N–H and O–H groups in total. The van der Waals surface area contributed by atoms with Crippen LogP contribution in [0.3, 0.4) is 0 Å². The SMILES string of the molecule is O=C(O)C(CN1CCOCC1)C(=O)O. The van der Waals surface area contributed by atoms with Gasteiger partial charge in [0.25, 0.3) is 0 Å². The predicted octanol–water partition coefficient (Wildman–Crippen LogP) is -0.896. The van der Waals surface area contributed by atoms with Crippen molar-refractivity contribution >= 4 is 11.9 Å². The molecular weight excluding hydrogens is 190 g/mol. The molecular formula is C8H13NO5. The van der Waals surface area contributed by atoms with Gasteiger partial charge in [0.2, 0.25) is 0 Å². The Balaban J connectivity index is 2.45. The first-order chi connectivity index (χ1) is 6.61. The van der Waals surface area contributed by atoms with E-state index in [-0.39, 0.29) is 6.54 Å². The van der Waals surface area contributed by atoms with Gasteiger partial charge in [-0.05, 0) is 0 Å². The van der Waals surface area contributed by atoms with Crippen LogP contribution in [0.5, 0.6) is 0 Å². The van der Waals surface area contributed by atoms with Crippen molar-refractivity contribution in [2.45, 2.75) is 0 Å². The molecule has 0 aromatic rings. The van der Waals surface area contributed by atoms with E-state index in [0.29, 0.717) is 26.3 Å². The average molecular weight is 203 g/mol. The van der Waals surface area contributed by atoms with E-state index in [0.717, 1.165) is 0 Å². The summed E-state index contributed by atoms with van der Waals surface area (Å²) in [7, 11) is 0. The topological polar surface area (TPSA) is 87.1 Å². The summed E-state index contributed by atoms with van der Waals surface area (Å²) in [6.45, 7) is 2.31. The van der Waals surface area contributed by atoms with E-state index in [2.05, 4.69) is 0 Å². The monoisotopic (exact) mass is 203 g/mol. The minimum absolute atomic E-state index is 0.0496. The molecule has 0 saturated carbocycles. The van der Waals surface area contributed by atoms with Crippen LogP contribution in [0.1, 0.15) is 0 Å². The molecule has 1 fully saturated rings. The number of rotatable bonds is 4. The molecule has 1 aliphatic heterocycles. The molecule has 6 nitrogen and oxygen atoms in total. The van der Waals surface area contributed by atoms with Gasteiger partial charge >= 0.3 is 11.9 Å². The van der Waals surface area contributed by atoms with Crippen LogP contribution >= 0.6 is 0 Å². The van der Waals surface area contributed by atoms with Crippen LogP contribution in [0.4, 0.5) is 0 Å². The Morgan fingerprint density at radius 2 is 1.71 bits per heavy atom. The molecule has 6 heteroatoms. The predicted molar refractivity (Wildman–Crippen MR) is 46.0 cm³/mol. The van der Waals surface area contributed by atoms with Gasteiger partial charge in [0.1, 0.15) is 0 Å². The lowest BCUT2D eigenvalue weighted by atomic mass is 10.1. The molecule has 0 amide bonds. The van der Waals surface area contributed by atoms with Crippen LogP contribution in [-0.2, 0) is 14.3 Å². The van der Waals surface area contributed by atoms with Crippen molar-refractivity contribution in [1.82, 2.24) is 4.90 Å². The second-order valence-electron chi connectivity index (χ2n) is 3.14. The van der Waals surface area contributed by atoms with E-state index in [1.54, 1.807) is 4.90 Å². The number of carbonyl (C=O) groups is 2. The van der Waals surface area contributed by atoms with E-state index in [1.807, 2.05) is 0 Å². The van der Waals surface area contributed by atoms with E-state index >= 15 is 0 Å². The van der Waals surface area contributed by atoms with Crippen molar-refractivity contribution in [3.8, 4) is 0 Å². The fourth-order valence-corrected chi connectivity index (χ4v) is 1.30. The number of morpholine rings is 1. The van der Waals surface area contributed by atoms with E-state index in [1.165, 1.54) is 0 Å². The van der Waals surface area contributed by atoms with Crippen LogP contribution < -0.4 is 0 Å². The highest BCUT2D eigenvalue weighted by molar-refractivity contribution is 5.93. The zero-order chi connectivity index (χ0) is 10.6. The molecule has 1 heterocycles. The van der Waals surface area contributed by atoms with Crippen molar-refractivity contribution in [2.75, 3.05) is 32.8 Å². The first-order valence-corrected chi connectivity index (χ1v) is 4.37. The number of aliphatic carboxylic acids is 2. The smallest absolute Gasteiger partial charge is 0.319 e. The van der Waals surface area contributed by atoms with Gasteiger partial charge in [0, 0.05) is 19.6 Å². The van der Waals surface area contributed by atoms with Gasteiger partial charge in [-0.25, -0.2) is 0 Å². The summed E-state index contributed by atoms with van der Waals surface area (Å²) in [5.41, 5.74) is 0. The molecule has 0 radical (unpaired) electrons. The van der Waals surface area contributed by atoms with Gasteiger partial charge < -0.3 is 14.9 Å². The molecule has 0 aromatic carbocycles. The summed E-state index contributed by atoms with van der Waals surface area (Å²) < 4.78 is 5.07. The normalized spacial score (nSPS) is 18.4. The molecule has 0 spiro atoms. The van der Waals surface area contributed by atoms with Crippen LogP contribution in [0.15, 0.2) is 0 Å². The molecule has 0 unspecified atom stereocenters. The van der Waals surface area contributed by atoms with Crippen molar-refractivity contribution in [2.24, 2.45) is 5.92 Å². The average Bonchev–Trinajstić information content (AvgIpc) is 2.15. The summed E-state index contributed by atoms with van der Waals surface area (Å²) in [6, 6.07) is 0. The molecule has 0 aliphatic carbocycles. The minimum Gasteiger partial charge on any atom is -0.481 e. The molecule has 0 aromatic heterocycles. The largest absolute Gasteiger partial charge is 0.481 e. The molecule has 0 bridgehead atoms. The maximum absolute atomic E-state index is 10.6. The Morgan fingerprint density at radius 3 is 2.14 bits per heavy atom. The van der Waals surface area contributed by atoms with E-state index in [4.69, 9.17) is 14.9 Å². The molecule has 1 saturated heterocycles. The fourth-order valence-electron chi connectivity index (χ4n) is 1.30. The maximum atomic E-state index is 10.6. The standard InChI is InChI=1S/C8H13NO5/c10-7(11)6(8(12)13)5-9-1-3-14-4-2-9/h6H,1-5H2,(H,10,11)(H,12,13). The number of hydrogen-bond donors (Lipinski definition) is 2. The van der Waals surface area contributed by atoms with E-state index in [9.17, 15) is 9.59 Å². The first-order valence-electron chi connectivity index (χ1n) is 4.37. The second kappa shape index (κ2) is 4.92.